The van der Waals surface area contributed by atoms with Gasteiger partial charge in [0.15, 0.2) is 0 Å². The molecule has 0 aliphatic heterocycles. The minimum Gasteiger partial charge on any atom is -0.497 e. The molecule has 0 saturated carbocycles. The van der Waals surface area contributed by atoms with Crippen LogP contribution < -0.4 is 4.74 Å². The van der Waals surface area contributed by atoms with Crippen molar-refractivity contribution in [3.63, 3.8) is 0 Å². The van der Waals surface area contributed by atoms with Crippen LogP contribution in [0.2, 0.25) is 0 Å². The Morgan fingerprint density at radius 1 is 1.43 bits per heavy atom. The minimum atomic E-state index is 0.795. The Kier molecular flexibility index (Phi) is 3.36. The number of terminal acetylenes is 1. The first kappa shape index (κ1) is 10.4. The number of rotatable bonds is 2. The molecule has 0 radical (unpaired) electrons. The zero-order valence-corrected chi connectivity index (χ0v) is 8.79. The van der Waals surface area contributed by atoms with E-state index in [1.807, 2.05) is 32.0 Å². The van der Waals surface area contributed by atoms with E-state index >= 15 is 0 Å². The second-order valence-electron chi connectivity index (χ2n) is 3.32. The molecular weight excluding hydrogens is 172 g/mol. The van der Waals surface area contributed by atoms with Gasteiger partial charge in [-0.05, 0) is 31.5 Å². The van der Waals surface area contributed by atoms with E-state index in [2.05, 4.69) is 12.0 Å². The van der Waals surface area contributed by atoms with Crippen molar-refractivity contribution in [2.75, 3.05) is 7.11 Å². The average Bonchev–Trinajstić information content (AvgIpc) is 2.17. The van der Waals surface area contributed by atoms with Gasteiger partial charge in [-0.2, -0.15) is 0 Å². The monoisotopic (exact) mass is 186 g/mol. The number of allylic oxidation sites excluding steroid dienone is 1. The second-order valence-corrected chi connectivity index (χ2v) is 3.32. The van der Waals surface area contributed by atoms with Gasteiger partial charge in [0.25, 0.3) is 0 Å². The van der Waals surface area contributed by atoms with E-state index in [1.54, 1.807) is 7.11 Å². The lowest BCUT2D eigenvalue weighted by atomic mass is 10.1. The first-order chi connectivity index (χ1) is 6.67. The highest BCUT2D eigenvalue weighted by molar-refractivity contribution is 5.62. The summed E-state index contributed by atoms with van der Waals surface area (Å²) in [5, 5.41) is 0. The van der Waals surface area contributed by atoms with Crippen LogP contribution in [0.1, 0.15) is 25.0 Å². The smallest absolute Gasteiger partial charge is 0.120 e. The zero-order chi connectivity index (χ0) is 10.6. The fourth-order valence-corrected chi connectivity index (χ4v) is 1.22. The largest absolute Gasteiger partial charge is 0.497 e. The van der Waals surface area contributed by atoms with Crippen LogP contribution in [-0.4, -0.2) is 7.11 Å². The first-order valence-corrected chi connectivity index (χ1v) is 4.47. The maximum Gasteiger partial charge on any atom is 0.120 e. The van der Waals surface area contributed by atoms with Crippen LogP contribution in [0.3, 0.4) is 0 Å². The minimum absolute atomic E-state index is 0.795. The van der Waals surface area contributed by atoms with Crippen LogP contribution in [0.4, 0.5) is 0 Å². The van der Waals surface area contributed by atoms with Crippen LogP contribution in [0.5, 0.6) is 5.75 Å². The number of methoxy groups -OCH3 is 1. The van der Waals surface area contributed by atoms with E-state index in [9.17, 15) is 0 Å². The van der Waals surface area contributed by atoms with Gasteiger partial charge in [0.05, 0.1) is 7.11 Å². The Balaban J connectivity index is 3.20. The molecule has 0 atom stereocenters. The maximum absolute atomic E-state index is 5.42. The van der Waals surface area contributed by atoms with Gasteiger partial charge < -0.3 is 4.74 Å². The summed E-state index contributed by atoms with van der Waals surface area (Å²) in [5.41, 5.74) is 3.16. The van der Waals surface area contributed by atoms with Crippen molar-refractivity contribution < 1.29 is 4.74 Å². The molecule has 1 nitrogen and oxygen atoms in total. The summed E-state index contributed by atoms with van der Waals surface area (Å²) < 4.78 is 5.10. The predicted molar refractivity (Wildman–Crippen MR) is 60.3 cm³/mol. The molecule has 0 aliphatic carbocycles. The van der Waals surface area contributed by atoms with Gasteiger partial charge >= 0.3 is 0 Å². The van der Waals surface area contributed by atoms with Gasteiger partial charge in [0, 0.05) is 5.56 Å². The molecule has 1 rings (SSSR count). The fourth-order valence-electron chi connectivity index (χ4n) is 1.22. The summed E-state index contributed by atoms with van der Waals surface area (Å²) in [6.45, 7) is 4.09. The Labute approximate surface area is 85.4 Å². The third-order valence-corrected chi connectivity index (χ3v) is 1.86. The molecule has 0 unspecified atom stereocenters. The molecule has 0 aromatic heterocycles. The van der Waals surface area contributed by atoms with Crippen molar-refractivity contribution in [2.45, 2.75) is 13.8 Å². The summed E-state index contributed by atoms with van der Waals surface area (Å²) in [7, 11) is 1.64. The number of benzene rings is 1. The Morgan fingerprint density at radius 3 is 2.64 bits per heavy atom. The molecule has 1 heteroatoms. The van der Waals surface area contributed by atoms with Gasteiger partial charge in [-0.15, -0.1) is 6.42 Å². The lowest BCUT2D eigenvalue weighted by Crippen LogP contribution is -1.87. The van der Waals surface area contributed by atoms with Gasteiger partial charge in [-0.1, -0.05) is 23.6 Å². The number of hydrogen-bond donors (Lipinski definition) is 0. The molecule has 0 bridgehead atoms. The van der Waals surface area contributed by atoms with Crippen molar-refractivity contribution in [1.82, 2.24) is 0 Å². The van der Waals surface area contributed by atoms with Crippen LogP contribution in [0.25, 0.3) is 6.08 Å². The molecule has 14 heavy (non-hydrogen) atoms. The lowest BCUT2D eigenvalue weighted by molar-refractivity contribution is 0.414. The molecule has 0 spiro atoms. The van der Waals surface area contributed by atoms with Gasteiger partial charge in [-0.3, -0.25) is 0 Å². The Morgan fingerprint density at radius 2 is 2.14 bits per heavy atom. The van der Waals surface area contributed by atoms with Crippen molar-refractivity contribution in [1.29, 1.82) is 0 Å². The van der Waals surface area contributed by atoms with Gasteiger partial charge in [-0.25, -0.2) is 0 Å². The summed E-state index contributed by atoms with van der Waals surface area (Å²) in [6, 6.07) is 5.76. The molecule has 0 fully saturated rings. The Bertz CT molecular complexity index is 390. The third-order valence-electron chi connectivity index (χ3n) is 1.86. The van der Waals surface area contributed by atoms with E-state index in [4.69, 9.17) is 11.2 Å². The molecule has 1 aromatic carbocycles. The number of hydrogen-bond acceptors (Lipinski definition) is 1. The van der Waals surface area contributed by atoms with E-state index in [-0.39, 0.29) is 0 Å². The van der Waals surface area contributed by atoms with Crippen molar-refractivity contribution in [3.05, 3.63) is 34.9 Å². The topological polar surface area (TPSA) is 9.23 Å². The summed E-state index contributed by atoms with van der Waals surface area (Å²) in [5.74, 6) is 3.45. The predicted octanol–water partition coefficient (Wildman–Crippen LogP) is 3.10. The summed E-state index contributed by atoms with van der Waals surface area (Å²) >= 11 is 0. The molecule has 0 N–H and O–H groups in total. The van der Waals surface area contributed by atoms with Crippen LogP contribution >= 0.6 is 0 Å². The maximum atomic E-state index is 5.42. The zero-order valence-electron chi connectivity index (χ0n) is 8.79. The standard InChI is InChI=1S/C13H14O/c1-5-11-9-13(14-4)7-6-12(11)8-10(2)3/h1,6-9H,2-4H3. The van der Waals surface area contributed by atoms with Crippen LogP contribution in [0, 0.1) is 12.3 Å². The quantitative estimate of drug-likeness (QED) is 0.645. The average molecular weight is 186 g/mol. The normalized spacial score (nSPS) is 9.00. The highest BCUT2D eigenvalue weighted by atomic mass is 16.5. The molecular formula is C13H14O. The molecule has 0 saturated heterocycles. The van der Waals surface area contributed by atoms with E-state index in [1.165, 1.54) is 5.57 Å². The second kappa shape index (κ2) is 4.53. The first-order valence-electron chi connectivity index (χ1n) is 4.47. The SMILES string of the molecule is C#Cc1cc(OC)ccc1C=C(C)C. The van der Waals surface area contributed by atoms with Crippen molar-refractivity contribution in [3.8, 4) is 18.1 Å². The van der Waals surface area contributed by atoms with Crippen molar-refractivity contribution in [2.24, 2.45) is 0 Å². The highest BCUT2D eigenvalue weighted by Gasteiger charge is 1.99. The highest BCUT2D eigenvalue weighted by Crippen LogP contribution is 2.19. The molecule has 72 valence electrons. The fraction of sp³-hybridized carbons (Fsp3) is 0.231. The van der Waals surface area contributed by atoms with E-state index in [0.29, 0.717) is 0 Å². The lowest BCUT2D eigenvalue weighted by Gasteiger charge is -2.03. The van der Waals surface area contributed by atoms with E-state index < -0.39 is 0 Å². The molecule has 1 aromatic rings. The number of ether oxygens (including phenoxy) is 1. The molecule has 0 amide bonds. The van der Waals surface area contributed by atoms with Gasteiger partial charge in [0.2, 0.25) is 0 Å². The van der Waals surface area contributed by atoms with Gasteiger partial charge in [0.1, 0.15) is 5.75 Å². The summed E-state index contributed by atoms with van der Waals surface area (Å²) in [4.78, 5) is 0. The van der Waals surface area contributed by atoms with Crippen molar-refractivity contribution >= 4 is 6.08 Å². The van der Waals surface area contributed by atoms with Crippen LogP contribution in [0.15, 0.2) is 23.8 Å². The molecule has 0 aliphatic rings. The molecule has 0 heterocycles. The third kappa shape index (κ3) is 2.40. The van der Waals surface area contributed by atoms with Crippen LogP contribution in [-0.2, 0) is 0 Å². The van der Waals surface area contributed by atoms with E-state index in [0.717, 1.165) is 16.9 Å². The summed E-state index contributed by atoms with van der Waals surface area (Å²) in [6.07, 6.45) is 7.48. The Hall–Kier alpha value is -1.68.